The van der Waals surface area contributed by atoms with Gasteiger partial charge in [0.15, 0.2) is 5.43 Å². The van der Waals surface area contributed by atoms with Gasteiger partial charge in [-0.05, 0) is 43.2 Å². The molecule has 0 unspecified atom stereocenters. The molecule has 0 fully saturated rings. The molecule has 7 heteroatoms. The van der Waals surface area contributed by atoms with Crippen LogP contribution < -0.4 is 5.43 Å². The number of hydrogen-bond donors (Lipinski definition) is 0. The second kappa shape index (κ2) is 13.8. The van der Waals surface area contributed by atoms with Crippen LogP contribution in [0.5, 0.6) is 0 Å². The topological polar surface area (TPSA) is 70.8 Å². The van der Waals surface area contributed by atoms with Crippen LogP contribution in [0.4, 0.5) is 0 Å². The first-order valence-electron chi connectivity index (χ1n) is 13.2. The van der Waals surface area contributed by atoms with Gasteiger partial charge in [0.2, 0.25) is 11.8 Å². The minimum Gasteiger partial charge on any atom is -0.464 e. The molecule has 0 N–H and O–H groups in total. The van der Waals surface area contributed by atoms with Gasteiger partial charge in [-0.1, -0.05) is 73.5 Å². The van der Waals surface area contributed by atoms with Gasteiger partial charge in [-0.2, -0.15) is 0 Å². The Morgan fingerprint density at radius 2 is 1.59 bits per heavy atom. The van der Waals surface area contributed by atoms with Crippen molar-refractivity contribution in [2.45, 2.75) is 44.7 Å². The third-order valence-corrected chi connectivity index (χ3v) is 7.49. The van der Waals surface area contributed by atoms with Crippen LogP contribution in [-0.2, 0) is 22.7 Å². The van der Waals surface area contributed by atoms with Crippen molar-refractivity contribution >= 4 is 34.5 Å². The van der Waals surface area contributed by atoms with Gasteiger partial charge in [0.05, 0.1) is 36.1 Å². The van der Waals surface area contributed by atoms with Crippen LogP contribution in [0.3, 0.4) is 0 Å². The van der Waals surface area contributed by atoms with Crippen LogP contribution in [-0.4, -0.2) is 40.5 Å². The standard InChI is InChI=1S/C32H34N2O4S/c1-3-4-17-33(31(36)23-39-27-13-9-6-10-14-27)21-30(35)34(19-25-11-7-5-8-12-25)20-26-22-38-29-16-15-24(2)18-28(29)32(26)37/h5-16,18,22H,3-4,17,19-21,23H2,1-2H3. The monoisotopic (exact) mass is 542 g/mol. The van der Waals surface area contributed by atoms with Crippen molar-refractivity contribution in [3.63, 3.8) is 0 Å². The van der Waals surface area contributed by atoms with E-state index in [9.17, 15) is 14.4 Å². The molecule has 0 saturated carbocycles. The summed E-state index contributed by atoms with van der Waals surface area (Å²) in [5, 5.41) is 0.497. The van der Waals surface area contributed by atoms with Crippen molar-refractivity contribution in [2.24, 2.45) is 0 Å². The van der Waals surface area contributed by atoms with Crippen molar-refractivity contribution in [3.05, 3.63) is 112 Å². The number of aryl methyl sites for hydroxylation is 1. The number of fused-ring (bicyclic) bond motifs is 1. The minimum atomic E-state index is -0.211. The van der Waals surface area contributed by atoms with E-state index in [2.05, 4.69) is 6.92 Å². The highest BCUT2D eigenvalue weighted by Gasteiger charge is 2.23. The summed E-state index contributed by atoms with van der Waals surface area (Å²) in [4.78, 5) is 44.5. The van der Waals surface area contributed by atoms with Gasteiger partial charge in [-0.25, -0.2) is 0 Å². The van der Waals surface area contributed by atoms with Gasteiger partial charge in [0.1, 0.15) is 5.58 Å². The molecule has 0 aliphatic heterocycles. The van der Waals surface area contributed by atoms with Crippen LogP contribution in [0, 0.1) is 6.92 Å². The van der Waals surface area contributed by atoms with Crippen LogP contribution in [0.2, 0.25) is 0 Å². The second-order valence-electron chi connectivity index (χ2n) is 9.60. The molecule has 2 amide bonds. The molecule has 6 nitrogen and oxygen atoms in total. The highest BCUT2D eigenvalue weighted by molar-refractivity contribution is 8.00. The van der Waals surface area contributed by atoms with E-state index in [4.69, 9.17) is 4.42 Å². The summed E-state index contributed by atoms with van der Waals surface area (Å²) in [6.45, 7) is 4.86. The normalized spacial score (nSPS) is 10.9. The van der Waals surface area contributed by atoms with E-state index in [0.29, 0.717) is 29.6 Å². The SMILES string of the molecule is CCCCN(CC(=O)N(Cc1ccccc1)Cc1coc2ccc(C)cc2c1=O)C(=O)CSc1ccccc1. The fourth-order valence-electron chi connectivity index (χ4n) is 4.29. The number of nitrogens with zero attached hydrogens (tertiary/aromatic N) is 2. The lowest BCUT2D eigenvalue weighted by Crippen LogP contribution is -2.44. The maximum absolute atomic E-state index is 13.7. The Bertz CT molecular complexity index is 1450. The molecule has 202 valence electrons. The number of benzene rings is 3. The molecule has 0 atom stereocenters. The highest BCUT2D eigenvalue weighted by atomic mass is 32.2. The first-order valence-corrected chi connectivity index (χ1v) is 14.2. The molecule has 0 spiro atoms. The lowest BCUT2D eigenvalue weighted by molar-refractivity contribution is -0.140. The van der Waals surface area contributed by atoms with E-state index in [1.54, 1.807) is 15.9 Å². The number of carbonyl (C=O) groups excluding carboxylic acids is 2. The summed E-state index contributed by atoms with van der Waals surface area (Å²) in [6.07, 6.45) is 3.16. The van der Waals surface area contributed by atoms with E-state index in [0.717, 1.165) is 28.9 Å². The molecule has 0 aliphatic carbocycles. The maximum Gasteiger partial charge on any atom is 0.242 e. The number of thioether (sulfide) groups is 1. The predicted octanol–water partition coefficient (Wildman–Crippen LogP) is 6.05. The van der Waals surface area contributed by atoms with E-state index < -0.39 is 0 Å². The summed E-state index contributed by atoms with van der Waals surface area (Å²) in [7, 11) is 0. The van der Waals surface area contributed by atoms with Crippen LogP contribution in [0.1, 0.15) is 36.5 Å². The maximum atomic E-state index is 13.7. The Kier molecular flexibility index (Phi) is 9.97. The molecular formula is C32H34N2O4S. The molecule has 4 aromatic rings. The Balaban J connectivity index is 1.55. The minimum absolute atomic E-state index is 0.0426. The quantitative estimate of drug-likeness (QED) is 0.204. The van der Waals surface area contributed by atoms with Crippen molar-refractivity contribution in [2.75, 3.05) is 18.8 Å². The third-order valence-electron chi connectivity index (χ3n) is 6.50. The van der Waals surface area contributed by atoms with Crippen molar-refractivity contribution in [3.8, 4) is 0 Å². The summed E-state index contributed by atoms with van der Waals surface area (Å²) >= 11 is 1.47. The zero-order valence-electron chi connectivity index (χ0n) is 22.5. The molecule has 0 aliphatic rings. The van der Waals surface area contributed by atoms with Crippen LogP contribution in [0.25, 0.3) is 11.0 Å². The summed E-state index contributed by atoms with van der Waals surface area (Å²) < 4.78 is 5.75. The average Bonchev–Trinajstić information content (AvgIpc) is 2.96. The fourth-order valence-corrected chi connectivity index (χ4v) is 5.12. The summed E-state index contributed by atoms with van der Waals surface area (Å²) in [5.74, 6) is -0.0319. The van der Waals surface area contributed by atoms with Crippen molar-refractivity contribution in [1.82, 2.24) is 9.80 Å². The number of amides is 2. The van der Waals surface area contributed by atoms with Crippen molar-refractivity contribution in [1.29, 1.82) is 0 Å². The number of carbonyl (C=O) groups is 2. The molecule has 0 bridgehead atoms. The largest absolute Gasteiger partial charge is 0.464 e. The molecular weight excluding hydrogens is 508 g/mol. The first kappa shape index (κ1) is 28.2. The van der Waals surface area contributed by atoms with Gasteiger partial charge < -0.3 is 14.2 Å². The van der Waals surface area contributed by atoms with E-state index in [1.165, 1.54) is 18.0 Å². The zero-order valence-corrected chi connectivity index (χ0v) is 23.3. The Morgan fingerprint density at radius 1 is 0.872 bits per heavy atom. The fraction of sp³-hybridized carbons (Fsp3) is 0.281. The smallest absolute Gasteiger partial charge is 0.242 e. The number of rotatable bonds is 12. The third kappa shape index (κ3) is 7.83. The van der Waals surface area contributed by atoms with Gasteiger partial charge in [0, 0.05) is 18.0 Å². The highest BCUT2D eigenvalue weighted by Crippen LogP contribution is 2.19. The second-order valence-corrected chi connectivity index (χ2v) is 10.6. The van der Waals surface area contributed by atoms with Crippen LogP contribution in [0.15, 0.2) is 99.2 Å². The predicted molar refractivity (Wildman–Crippen MR) is 157 cm³/mol. The molecule has 39 heavy (non-hydrogen) atoms. The first-order chi connectivity index (χ1) is 18.9. The molecule has 4 rings (SSSR count). The Morgan fingerprint density at radius 3 is 2.31 bits per heavy atom. The van der Waals surface area contributed by atoms with E-state index in [-0.39, 0.29) is 36.1 Å². The van der Waals surface area contributed by atoms with Crippen LogP contribution >= 0.6 is 11.8 Å². The summed E-state index contributed by atoms with van der Waals surface area (Å²) in [6, 6.07) is 24.9. The van der Waals surface area contributed by atoms with Gasteiger partial charge in [-0.15, -0.1) is 11.8 Å². The number of hydrogen-bond acceptors (Lipinski definition) is 5. The Hall–Kier alpha value is -3.84. The van der Waals surface area contributed by atoms with E-state index in [1.807, 2.05) is 79.7 Å². The van der Waals surface area contributed by atoms with Gasteiger partial charge in [-0.3, -0.25) is 14.4 Å². The van der Waals surface area contributed by atoms with Crippen molar-refractivity contribution < 1.29 is 14.0 Å². The molecule has 3 aromatic carbocycles. The number of unbranched alkanes of at least 4 members (excludes halogenated alkanes) is 1. The molecule has 0 saturated heterocycles. The lowest BCUT2D eigenvalue weighted by atomic mass is 10.1. The summed E-state index contributed by atoms with van der Waals surface area (Å²) in [5.41, 5.74) is 2.68. The van der Waals surface area contributed by atoms with Gasteiger partial charge >= 0.3 is 0 Å². The molecule has 1 heterocycles. The lowest BCUT2D eigenvalue weighted by Gasteiger charge is -2.28. The van der Waals surface area contributed by atoms with E-state index >= 15 is 0 Å². The Labute approximate surface area is 233 Å². The zero-order chi connectivity index (χ0) is 27.6. The van der Waals surface area contributed by atoms with Gasteiger partial charge in [0.25, 0.3) is 0 Å². The molecule has 1 aromatic heterocycles. The molecule has 0 radical (unpaired) electrons. The average molecular weight is 543 g/mol.